The van der Waals surface area contributed by atoms with Crippen molar-refractivity contribution in [2.45, 2.75) is 27.7 Å². The van der Waals surface area contributed by atoms with Gasteiger partial charge in [-0.1, -0.05) is 6.07 Å². The summed E-state index contributed by atoms with van der Waals surface area (Å²) in [5.41, 5.74) is 2.70. The number of hydrogen-bond acceptors (Lipinski definition) is 7. The minimum atomic E-state index is -0.632. The van der Waals surface area contributed by atoms with Gasteiger partial charge in [-0.3, -0.25) is 4.98 Å². The summed E-state index contributed by atoms with van der Waals surface area (Å²) >= 11 is 0. The van der Waals surface area contributed by atoms with Crippen molar-refractivity contribution in [3.63, 3.8) is 0 Å². The summed E-state index contributed by atoms with van der Waals surface area (Å²) in [5.74, 6) is -0.486. The highest BCUT2D eigenvalue weighted by Crippen LogP contribution is 2.29. The highest BCUT2D eigenvalue weighted by atomic mass is 16.6. The first-order valence-electron chi connectivity index (χ1n) is 8.42. The number of esters is 2. The number of methoxy groups -OCH3 is 1. The van der Waals surface area contributed by atoms with Crippen LogP contribution in [-0.4, -0.2) is 35.6 Å². The molecule has 0 N–H and O–H groups in total. The minimum Gasteiger partial charge on any atom is -0.493 e. The lowest BCUT2D eigenvalue weighted by molar-refractivity contribution is -0.137. The monoisotopic (exact) mass is 370 g/mol. The van der Waals surface area contributed by atoms with E-state index in [1.54, 1.807) is 45.0 Å². The maximum atomic E-state index is 12.6. The van der Waals surface area contributed by atoms with Crippen molar-refractivity contribution in [3.05, 3.63) is 52.6 Å². The van der Waals surface area contributed by atoms with Crippen LogP contribution in [0.15, 0.2) is 24.3 Å². The Balaban J connectivity index is 2.29. The third-order valence-electron chi connectivity index (χ3n) is 3.76. The van der Waals surface area contributed by atoms with E-state index in [4.69, 9.17) is 14.2 Å². The molecule has 7 heteroatoms. The zero-order valence-electron chi connectivity index (χ0n) is 16.0. The van der Waals surface area contributed by atoms with Gasteiger partial charge in [0.15, 0.2) is 17.2 Å². The van der Waals surface area contributed by atoms with E-state index in [9.17, 15) is 9.59 Å². The summed E-state index contributed by atoms with van der Waals surface area (Å²) in [6.45, 7) is 7.33. The number of ether oxygens (including phenoxy) is 3. The lowest BCUT2D eigenvalue weighted by Gasteiger charge is -2.11. The molecule has 0 unspecified atom stereocenters. The van der Waals surface area contributed by atoms with E-state index < -0.39 is 11.9 Å². The zero-order valence-corrected chi connectivity index (χ0v) is 16.0. The van der Waals surface area contributed by atoms with Crippen LogP contribution in [0.4, 0.5) is 0 Å². The number of aryl methyl sites for hydroxylation is 3. The molecule has 0 bridgehead atoms. The molecule has 1 heterocycles. The predicted octanol–water partition coefficient (Wildman–Crippen LogP) is 3.21. The highest BCUT2D eigenvalue weighted by molar-refractivity contribution is 5.91. The van der Waals surface area contributed by atoms with Gasteiger partial charge in [-0.05, 0) is 51.5 Å². The topological polar surface area (TPSA) is 87.6 Å². The molecular weight excluding hydrogens is 348 g/mol. The first kappa shape index (κ1) is 20.1. The average molecular weight is 370 g/mol. The lowest BCUT2D eigenvalue weighted by Crippen LogP contribution is -2.15. The fraction of sp³-hybridized carbons (Fsp3) is 0.300. The van der Waals surface area contributed by atoms with Crippen molar-refractivity contribution in [3.8, 4) is 11.5 Å². The Hall–Kier alpha value is -3.22. The van der Waals surface area contributed by atoms with Crippen LogP contribution >= 0.6 is 0 Å². The molecule has 2 rings (SSSR count). The third kappa shape index (κ3) is 5.13. The number of rotatable bonds is 6. The van der Waals surface area contributed by atoms with Crippen molar-refractivity contribution >= 4 is 18.0 Å². The molecule has 0 aliphatic rings. The standard InChI is InChI=1S/C20H22N2O5/c1-6-26-18(23)10-8-15-7-9-16(25-5)17(11-15)27-20(24)19-14(4)21-12(2)13(3)22-19/h7-11H,6H2,1-5H3/b10-8+. The van der Waals surface area contributed by atoms with Crippen molar-refractivity contribution in [2.24, 2.45) is 0 Å². The van der Waals surface area contributed by atoms with Crippen molar-refractivity contribution in [1.29, 1.82) is 0 Å². The molecule has 0 atom stereocenters. The van der Waals surface area contributed by atoms with E-state index >= 15 is 0 Å². The van der Waals surface area contributed by atoms with Gasteiger partial charge in [0.25, 0.3) is 0 Å². The van der Waals surface area contributed by atoms with Crippen LogP contribution in [0.1, 0.15) is 40.1 Å². The molecule has 0 radical (unpaired) electrons. The second-order valence-corrected chi connectivity index (χ2v) is 5.71. The van der Waals surface area contributed by atoms with Crippen LogP contribution < -0.4 is 9.47 Å². The van der Waals surface area contributed by atoms with Gasteiger partial charge in [0.1, 0.15) is 0 Å². The molecule has 2 aromatic rings. The molecule has 7 nitrogen and oxygen atoms in total. The SMILES string of the molecule is CCOC(=O)/C=C/c1ccc(OC)c(OC(=O)c2nc(C)c(C)nc2C)c1. The Bertz CT molecular complexity index is 890. The maximum Gasteiger partial charge on any atom is 0.364 e. The van der Waals surface area contributed by atoms with E-state index in [2.05, 4.69) is 9.97 Å². The van der Waals surface area contributed by atoms with E-state index in [1.807, 2.05) is 6.92 Å². The van der Waals surface area contributed by atoms with E-state index in [0.29, 0.717) is 29.3 Å². The Kier molecular flexibility index (Phi) is 6.65. The summed E-state index contributed by atoms with van der Waals surface area (Å²) in [5, 5.41) is 0. The molecule has 0 aliphatic heterocycles. The van der Waals surface area contributed by atoms with Crippen molar-refractivity contribution in [1.82, 2.24) is 9.97 Å². The lowest BCUT2D eigenvalue weighted by atomic mass is 10.2. The van der Waals surface area contributed by atoms with Gasteiger partial charge in [-0.15, -0.1) is 0 Å². The normalized spacial score (nSPS) is 10.7. The van der Waals surface area contributed by atoms with Gasteiger partial charge in [0, 0.05) is 6.08 Å². The molecule has 27 heavy (non-hydrogen) atoms. The van der Waals surface area contributed by atoms with Gasteiger partial charge in [0.2, 0.25) is 0 Å². The number of nitrogens with zero attached hydrogens (tertiary/aromatic N) is 2. The highest BCUT2D eigenvalue weighted by Gasteiger charge is 2.18. The Morgan fingerprint density at radius 2 is 1.74 bits per heavy atom. The van der Waals surface area contributed by atoms with E-state index in [-0.39, 0.29) is 11.4 Å². The number of carbonyl (C=O) groups excluding carboxylic acids is 2. The fourth-order valence-corrected chi connectivity index (χ4v) is 2.29. The first-order chi connectivity index (χ1) is 12.8. The van der Waals surface area contributed by atoms with Crippen LogP contribution in [0, 0.1) is 20.8 Å². The van der Waals surface area contributed by atoms with Crippen LogP contribution in [-0.2, 0) is 9.53 Å². The Labute approximate surface area is 158 Å². The molecule has 0 saturated heterocycles. The Morgan fingerprint density at radius 3 is 2.41 bits per heavy atom. The quantitative estimate of drug-likeness (QED) is 0.438. The second-order valence-electron chi connectivity index (χ2n) is 5.71. The summed E-state index contributed by atoms with van der Waals surface area (Å²) < 4.78 is 15.6. The van der Waals surface area contributed by atoms with Crippen LogP contribution in [0.2, 0.25) is 0 Å². The number of carbonyl (C=O) groups is 2. The molecule has 1 aromatic heterocycles. The van der Waals surface area contributed by atoms with Gasteiger partial charge < -0.3 is 14.2 Å². The summed E-state index contributed by atoms with van der Waals surface area (Å²) in [4.78, 5) is 32.6. The summed E-state index contributed by atoms with van der Waals surface area (Å²) in [7, 11) is 1.47. The molecule has 0 aliphatic carbocycles. The van der Waals surface area contributed by atoms with Gasteiger partial charge in [-0.2, -0.15) is 0 Å². The molecule has 1 aromatic carbocycles. The molecule has 0 amide bonds. The molecule has 0 fully saturated rings. The van der Waals surface area contributed by atoms with Crippen LogP contribution in [0.25, 0.3) is 6.08 Å². The van der Waals surface area contributed by atoms with Crippen molar-refractivity contribution in [2.75, 3.05) is 13.7 Å². The van der Waals surface area contributed by atoms with E-state index in [1.165, 1.54) is 13.2 Å². The van der Waals surface area contributed by atoms with Gasteiger partial charge >= 0.3 is 11.9 Å². The fourth-order valence-electron chi connectivity index (χ4n) is 2.29. The van der Waals surface area contributed by atoms with Gasteiger partial charge in [-0.25, -0.2) is 14.6 Å². The summed E-state index contributed by atoms with van der Waals surface area (Å²) in [6.07, 6.45) is 2.87. The third-order valence-corrected chi connectivity index (χ3v) is 3.76. The molecular formula is C20H22N2O5. The number of aromatic nitrogens is 2. The minimum absolute atomic E-state index is 0.146. The predicted molar refractivity (Wildman–Crippen MR) is 99.9 cm³/mol. The second kappa shape index (κ2) is 8.93. The molecule has 0 saturated carbocycles. The molecule has 142 valence electrons. The number of hydrogen-bond donors (Lipinski definition) is 0. The molecule has 0 spiro atoms. The average Bonchev–Trinajstić information content (AvgIpc) is 2.63. The van der Waals surface area contributed by atoms with Gasteiger partial charge in [0.05, 0.1) is 30.8 Å². The van der Waals surface area contributed by atoms with Crippen molar-refractivity contribution < 1.29 is 23.8 Å². The van der Waals surface area contributed by atoms with E-state index in [0.717, 1.165) is 5.69 Å². The first-order valence-corrected chi connectivity index (χ1v) is 8.42. The maximum absolute atomic E-state index is 12.6. The van der Waals surface area contributed by atoms with Crippen LogP contribution in [0.5, 0.6) is 11.5 Å². The number of benzene rings is 1. The smallest absolute Gasteiger partial charge is 0.364 e. The zero-order chi connectivity index (χ0) is 20.0. The van der Waals surface area contributed by atoms with Crippen LogP contribution in [0.3, 0.4) is 0 Å². The summed E-state index contributed by atoms with van der Waals surface area (Å²) in [6, 6.07) is 4.97. The Morgan fingerprint density at radius 1 is 1.04 bits per heavy atom. The largest absolute Gasteiger partial charge is 0.493 e.